The van der Waals surface area contributed by atoms with Gasteiger partial charge in [-0.2, -0.15) is 0 Å². The molecule has 0 atom stereocenters. The van der Waals surface area contributed by atoms with E-state index in [2.05, 4.69) is 0 Å². The lowest BCUT2D eigenvalue weighted by molar-refractivity contribution is -0.131. The van der Waals surface area contributed by atoms with Crippen LogP contribution in [0.3, 0.4) is 0 Å². The second-order valence-electron chi connectivity index (χ2n) is 3.09. The molecule has 0 radical (unpaired) electrons. The second-order valence-corrected chi connectivity index (χ2v) is 3.91. The van der Waals surface area contributed by atoms with Crippen molar-refractivity contribution in [1.82, 2.24) is 0 Å². The lowest BCUT2D eigenvalue weighted by atomic mass is 10.2. The molecule has 1 heterocycles. The Kier molecular flexibility index (Phi) is 2.90. The van der Waals surface area contributed by atoms with Crippen molar-refractivity contribution in [2.24, 2.45) is 0 Å². The average Bonchev–Trinajstić information content (AvgIpc) is 2.53. The molecule has 0 saturated carbocycles. The van der Waals surface area contributed by atoms with Gasteiger partial charge in [0.2, 0.25) is 0 Å². The smallest absolute Gasteiger partial charge is 0.328 e. The fourth-order valence-electron chi connectivity index (χ4n) is 1.31. The summed E-state index contributed by atoms with van der Waals surface area (Å²) in [6.45, 7) is 0. The average molecular weight is 257 g/mol. The van der Waals surface area contributed by atoms with Crippen molar-refractivity contribution in [3.63, 3.8) is 0 Å². The summed E-state index contributed by atoms with van der Waals surface area (Å²) in [7, 11) is 0. The molecular weight excluding hydrogens is 251 g/mol. The third kappa shape index (κ3) is 2.05. The van der Waals surface area contributed by atoms with Gasteiger partial charge >= 0.3 is 5.97 Å². The van der Waals surface area contributed by atoms with Crippen LogP contribution in [0.1, 0.15) is 5.76 Å². The summed E-state index contributed by atoms with van der Waals surface area (Å²) in [6.07, 6.45) is 2.27. The number of carboxylic acid groups (broad SMARTS) is 1. The SMILES string of the molecule is O=C(O)/C=C/c1oc2ccc(Cl)cc2c1Cl. The van der Waals surface area contributed by atoms with Crippen LogP contribution in [0.25, 0.3) is 17.0 Å². The first kappa shape index (κ1) is 11.0. The summed E-state index contributed by atoms with van der Waals surface area (Å²) in [5.41, 5.74) is 0.569. The largest absolute Gasteiger partial charge is 0.478 e. The van der Waals surface area contributed by atoms with Gasteiger partial charge in [-0.15, -0.1) is 0 Å². The molecule has 0 aliphatic heterocycles. The highest BCUT2D eigenvalue weighted by atomic mass is 35.5. The van der Waals surface area contributed by atoms with Crippen LogP contribution >= 0.6 is 23.2 Å². The van der Waals surface area contributed by atoms with E-state index in [1.807, 2.05) is 0 Å². The highest BCUT2D eigenvalue weighted by Crippen LogP contribution is 2.32. The highest BCUT2D eigenvalue weighted by molar-refractivity contribution is 6.38. The molecule has 0 amide bonds. The summed E-state index contributed by atoms with van der Waals surface area (Å²) in [5, 5.41) is 10.1. The molecule has 82 valence electrons. The van der Waals surface area contributed by atoms with Crippen molar-refractivity contribution in [1.29, 1.82) is 0 Å². The standard InChI is InChI=1S/C11H6Cl2O3/c12-6-1-2-8-7(5-6)11(13)9(16-8)3-4-10(14)15/h1-5H,(H,14,15)/b4-3+. The van der Waals surface area contributed by atoms with Crippen molar-refractivity contribution < 1.29 is 14.3 Å². The quantitative estimate of drug-likeness (QED) is 0.831. The monoisotopic (exact) mass is 256 g/mol. The van der Waals surface area contributed by atoms with Gasteiger partial charge in [0.05, 0.1) is 5.02 Å². The van der Waals surface area contributed by atoms with E-state index in [0.29, 0.717) is 26.8 Å². The van der Waals surface area contributed by atoms with E-state index in [4.69, 9.17) is 32.7 Å². The van der Waals surface area contributed by atoms with Crippen LogP contribution in [0.5, 0.6) is 0 Å². The number of furan rings is 1. The molecule has 0 aliphatic rings. The van der Waals surface area contributed by atoms with Gasteiger partial charge in [-0.05, 0) is 24.3 Å². The molecule has 0 fully saturated rings. The lowest BCUT2D eigenvalue weighted by Crippen LogP contribution is -1.84. The van der Waals surface area contributed by atoms with Crippen LogP contribution in [-0.4, -0.2) is 11.1 Å². The fraction of sp³-hybridized carbons (Fsp3) is 0. The van der Waals surface area contributed by atoms with Crippen LogP contribution in [-0.2, 0) is 4.79 Å². The van der Waals surface area contributed by atoms with Crippen LogP contribution in [0.2, 0.25) is 10.0 Å². The number of rotatable bonds is 2. The predicted molar refractivity (Wildman–Crippen MR) is 62.9 cm³/mol. The van der Waals surface area contributed by atoms with Crippen molar-refractivity contribution in [3.05, 3.63) is 40.1 Å². The third-order valence-corrected chi connectivity index (χ3v) is 2.62. The normalized spacial score (nSPS) is 11.4. The lowest BCUT2D eigenvalue weighted by Gasteiger charge is -1.88. The number of benzene rings is 1. The Morgan fingerprint density at radius 1 is 1.38 bits per heavy atom. The second kappa shape index (κ2) is 4.20. The van der Waals surface area contributed by atoms with Gasteiger partial charge in [-0.25, -0.2) is 4.79 Å². The maximum Gasteiger partial charge on any atom is 0.328 e. The molecule has 1 aromatic heterocycles. The Labute approximate surface area is 101 Å². The minimum atomic E-state index is -1.06. The summed E-state index contributed by atoms with van der Waals surface area (Å²) in [6, 6.07) is 5.02. The molecule has 0 saturated heterocycles. The Morgan fingerprint density at radius 3 is 2.81 bits per heavy atom. The summed E-state index contributed by atoms with van der Waals surface area (Å²) in [5.74, 6) is -0.754. The zero-order valence-corrected chi connectivity index (χ0v) is 9.42. The van der Waals surface area contributed by atoms with E-state index < -0.39 is 5.97 Å². The van der Waals surface area contributed by atoms with Crippen LogP contribution in [0.4, 0.5) is 0 Å². The first-order valence-electron chi connectivity index (χ1n) is 4.36. The molecule has 0 bridgehead atoms. The predicted octanol–water partition coefficient (Wildman–Crippen LogP) is 3.84. The van der Waals surface area contributed by atoms with Crippen LogP contribution in [0.15, 0.2) is 28.7 Å². The molecule has 16 heavy (non-hydrogen) atoms. The third-order valence-electron chi connectivity index (χ3n) is 1.99. The number of fused-ring (bicyclic) bond motifs is 1. The van der Waals surface area contributed by atoms with Gasteiger partial charge < -0.3 is 9.52 Å². The highest BCUT2D eigenvalue weighted by Gasteiger charge is 2.10. The van der Waals surface area contributed by atoms with Crippen molar-refractivity contribution >= 4 is 46.2 Å². The molecule has 1 aromatic carbocycles. The summed E-state index contributed by atoms with van der Waals surface area (Å²) in [4.78, 5) is 10.4. The van der Waals surface area contributed by atoms with Gasteiger partial charge in [0.15, 0.2) is 0 Å². The number of halogens is 2. The molecule has 2 aromatic rings. The maximum absolute atomic E-state index is 10.4. The molecular formula is C11H6Cl2O3. The van der Waals surface area contributed by atoms with E-state index in [9.17, 15) is 4.79 Å². The topological polar surface area (TPSA) is 50.4 Å². The van der Waals surface area contributed by atoms with E-state index >= 15 is 0 Å². The number of hydrogen-bond donors (Lipinski definition) is 1. The Balaban J connectivity index is 2.56. The molecule has 0 unspecified atom stereocenters. The number of aliphatic carboxylic acids is 1. The zero-order valence-electron chi connectivity index (χ0n) is 7.91. The minimum Gasteiger partial charge on any atom is -0.478 e. The zero-order chi connectivity index (χ0) is 11.7. The van der Waals surface area contributed by atoms with Gasteiger partial charge in [0.25, 0.3) is 0 Å². The van der Waals surface area contributed by atoms with Crippen molar-refractivity contribution in [2.45, 2.75) is 0 Å². The van der Waals surface area contributed by atoms with Gasteiger partial charge in [0, 0.05) is 16.5 Å². The number of carbonyl (C=O) groups is 1. The summed E-state index contributed by atoms with van der Waals surface area (Å²) < 4.78 is 5.36. The molecule has 5 heteroatoms. The molecule has 3 nitrogen and oxygen atoms in total. The molecule has 2 rings (SSSR count). The van der Waals surface area contributed by atoms with Crippen molar-refractivity contribution in [2.75, 3.05) is 0 Å². The maximum atomic E-state index is 10.4. The fourth-order valence-corrected chi connectivity index (χ4v) is 1.73. The van der Waals surface area contributed by atoms with Gasteiger partial charge in [-0.1, -0.05) is 23.2 Å². The van der Waals surface area contributed by atoms with Crippen LogP contribution < -0.4 is 0 Å². The molecule has 1 N–H and O–H groups in total. The van der Waals surface area contributed by atoms with Crippen LogP contribution in [0, 0.1) is 0 Å². The number of carboxylic acids is 1. The number of hydrogen-bond acceptors (Lipinski definition) is 2. The van der Waals surface area contributed by atoms with Gasteiger partial charge in [-0.3, -0.25) is 0 Å². The molecule has 0 aliphatic carbocycles. The van der Waals surface area contributed by atoms with E-state index in [-0.39, 0.29) is 0 Å². The molecule has 0 spiro atoms. The van der Waals surface area contributed by atoms with E-state index in [0.717, 1.165) is 6.08 Å². The van der Waals surface area contributed by atoms with Gasteiger partial charge in [0.1, 0.15) is 11.3 Å². The van der Waals surface area contributed by atoms with E-state index in [1.165, 1.54) is 6.08 Å². The van der Waals surface area contributed by atoms with Crippen molar-refractivity contribution in [3.8, 4) is 0 Å². The Bertz CT molecular complexity index is 584. The minimum absolute atomic E-state index is 0.307. The summed E-state index contributed by atoms with van der Waals surface area (Å²) >= 11 is 11.8. The first-order valence-corrected chi connectivity index (χ1v) is 5.12. The first-order chi connectivity index (χ1) is 7.58. The Hall–Kier alpha value is -1.45. The van der Waals surface area contributed by atoms with E-state index in [1.54, 1.807) is 18.2 Å². The Morgan fingerprint density at radius 2 is 2.12 bits per heavy atom.